The predicted molar refractivity (Wildman–Crippen MR) is 118 cm³/mol. The number of piperidine rings is 1. The third-order valence-corrected chi connectivity index (χ3v) is 8.28. The fraction of sp³-hybridized carbons (Fsp3) is 0.423. The molecule has 0 radical (unpaired) electrons. The number of ether oxygens (including phenoxy) is 1. The predicted octanol–water partition coefficient (Wildman–Crippen LogP) is 4.72. The number of hydrogen-bond donors (Lipinski definition) is 1. The molecule has 0 saturated carbocycles. The Bertz CT molecular complexity index is 1110. The lowest BCUT2D eigenvalue weighted by atomic mass is 9.60. The van der Waals surface area contributed by atoms with E-state index in [1.54, 1.807) is 0 Å². The number of carbonyl (C=O) groups excluding carboxylic acids is 1. The van der Waals surface area contributed by atoms with Gasteiger partial charge in [-0.15, -0.1) is 0 Å². The maximum Gasteiger partial charge on any atom is 0.335 e. The molecule has 3 heterocycles. The normalized spacial score (nSPS) is 30.6. The summed E-state index contributed by atoms with van der Waals surface area (Å²) < 4.78 is 18.9. The fourth-order valence-corrected chi connectivity index (χ4v) is 6.91. The van der Waals surface area contributed by atoms with Gasteiger partial charge in [0.2, 0.25) is 0 Å². The van der Waals surface area contributed by atoms with Crippen LogP contribution in [0.3, 0.4) is 0 Å². The van der Waals surface area contributed by atoms with Crippen LogP contribution in [0.5, 0.6) is 0 Å². The molecule has 3 aliphatic heterocycles. The molecule has 5 heteroatoms. The summed E-state index contributed by atoms with van der Waals surface area (Å²) >= 11 is 0. The van der Waals surface area contributed by atoms with E-state index in [0.717, 1.165) is 60.4 Å². The molecule has 0 amide bonds. The molecule has 31 heavy (non-hydrogen) atoms. The Hall–Kier alpha value is -2.66. The van der Waals surface area contributed by atoms with Crippen molar-refractivity contribution in [3.8, 4) is 11.1 Å². The summed E-state index contributed by atoms with van der Waals surface area (Å²) in [5, 5.41) is 3.73. The maximum atomic E-state index is 13.6. The number of nitrogens with zero attached hydrogens (tertiary/aromatic N) is 1. The van der Waals surface area contributed by atoms with Crippen molar-refractivity contribution in [1.29, 1.82) is 0 Å². The van der Waals surface area contributed by atoms with Gasteiger partial charge in [-0.25, -0.2) is 9.18 Å². The maximum absolute atomic E-state index is 13.6. The van der Waals surface area contributed by atoms with Gasteiger partial charge in [-0.05, 0) is 54.5 Å². The molecule has 160 valence electrons. The summed E-state index contributed by atoms with van der Waals surface area (Å²) in [6, 6.07) is 13.5. The van der Waals surface area contributed by atoms with E-state index in [1.165, 1.54) is 24.8 Å². The highest BCUT2D eigenvalue weighted by Crippen LogP contribution is 2.62. The first-order chi connectivity index (χ1) is 15.1. The topological polar surface area (TPSA) is 41.6 Å². The van der Waals surface area contributed by atoms with Gasteiger partial charge in [-0.1, -0.05) is 43.7 Å². The van der Waals surface area contributed by atoms with Crippen molar-refractivity contribution < 1.29 is 13.9 Å². The molecule has 2 saturated heterocycles. The van der Waals surface area contributed by atoms with E-state index >= 15 is 0 Å². The lowest BCUT2D eigenvalue weighted by Crippen LogP contribution is -2.55. The molecule has 4 nitrogen and oxygen atoms in total. The van der Waals surface area contributed by atoms with Crippen LogP contribution < -0.4 is 5.32 Å². The highest BCUT2D eigenvalue weighted by Gasteiger charge is 2.63. The highest BCUT2D eigenvalue weighted by molar-refractivity contribution is 5.95. The smallest absolute Gasteiger partial charge is 0.335 e. The van der Waals surface area contributed by atoms with Crippen LogP contribution in [0.4, 0.5) is 10.1 Å². The summed E-state index contributed by atoms with van der Waals surface area (Å²) in [4.78, 5) is 15.8. The van der Waals surface area contributed by atoms with Crippen LogP contribution in [0.1, 0.15) is 31.7 Å². The molecule has 1 unspecified atom stereocenters. The lowest BCUT2D eigenvalue weighted by molar-refractivity contribution is -0.137. The Balaban J connectivity index is 1.60. The molecule has 1 aliphatic carbocycles. The van der Waals surface area contributed by atoms with Crippen molar-refractivity contribution in [3.05, 3.63) is 65.1 Å². The molecule has 2 bridgehead atoms. The number of para-hydroxylation sites is 1. The molecule has 0 aromatic heterocycles. The number of esters is 1. The molecular formula is C26H27FN2O2. The SMILES string of the molecule is CC[C@@H]1CN2CC[C@]34C(=C(C(=O)OC)[C@H]1CC23)Nc1c(-c2ccc(F)cc2)cccc14. The van der Waals surface area contributed by atoms with Crippen LogP contribution in [0.2, 0.25) is 0 Å². The van der Waals surface area contributed by atoms with Crippen molar-refractivity contribution in [2.24, 2.45) is 11.8 Å². The Morgan fingerprint density at radius 3 is 2.81 bits per heavy atom. The fourth-order valence-electron chi connectivity index (χ4n) is 6.91. The summed E-state index contributed by atoms with van der Waals surface area (Å²) in [5.41, 5.74) is 6.09. The van der Waals surface area contributed by atoms with Crippen LogP contribution in [-0.2, 0) is 14.9 Å². The quantitative estimate of drug-likeness (QED) is 0.733. The zero-order valence-corrected chi connectivity index (χ0v) is 18.0. The molecule has 2 aromatic carbocycles. The van der Waals surface area contributed by atoms with E-state index in [1.807, 2.05) is 12.1 Å². The number of fused-ring (bicyclic) bond motifs is 2. The van der Waals surface area contributed by atoms with Crippen LogP contribution >= 0.6 is 0 Å². The third-order valence-electron chi connectivity index (χ3n) is 8.28. The van der Waals surface area contributed by atoms with Crippen LogP contribution in [0.25, 0.3) is 11.1 Å². The van der Waals surface area contributed by atoms with Gasteiger partial charge in [-0.2, -0.15) is 0 Å². The van der Waals surface area contributed by atoms with Gasteiger partial charge in [0.05, 0.1) is 23.8 Å². The van der Waals surface area contributed by atoms with Crippen LogP contribution in [0.15, 0.2) is 53.7 Å². The van der Waals surface area contributed by atoms with Crippen molar-refractivity contribution in [2.75, 3.05) is 25.5 Å². The number of hydrogen-bond acceptors (Lipinski definition) is 4. The number of benzene rings is 2. The van der Waals surface area contributed by atoms with Gasteiger partial charge < -0.3 is 10.1 Å². The highest BCUT2D eigenvalue weighted by atomic mass is 19.1. The van der Waals surface area contributed by atoms with E-state index in [2.05, 4.69) is 35.3 Å². The summed E-state index contributed by atoms with van der Waals surface area (Å²) in [6.07, 6.45) is 3.07. The van der Waals surface area contributed by atoms with E-state index < -0.39 is 0 Å². The monoisotopic (exact) mass is 418 g/mol. The minimum absolute atomic E-state index is 0.190. The lowest BCUT2D eigenvalue weighted by Gasteiger charge is -2.50. The summed E-state index contributed by atoms with van der Waals surface area (Å²) in [5.74, 6) is 0.269. The van der Waals surface area contributed by atoms with Gasteiger partial charge in [0, 0.05) is 23.8 Å². The molecular weight excluding hydrogens is 391 g/mol. The van der Waals surface area contributed by atoms with Gasteiger partial charge in [0.1, 0.15) is 5.82 Å². The number of halogens is 1. The first-order valence-electron chi connectivity index (χ1n) is 11.3. The first-order valence-corrected chi connectivity index (χ1v) is 11.3. The molecule has 6 rings (SSSR count). The second kappa shape index (κ2) is 6.67. The average Bonchev–Trinajstić information content (AvgIpc) is 3.35. The number of nitrogens with one attached hydrogen (secondary N) is 1. The Labute approximate surface area is 182 Å². The van der Waals surface area contributed by atoms with Gasteiger partial charge in [-0.3, -0.25) is 4.90 Å². The molecule has 1 N–H and O–H groups in total. The number of anilines is 1. The molecule has 2 aromatic rings. The van der Waals surface area contributed by atoms with E-state index in [4.69, 9.17) is 4.74 Å². The summed E-state index contributed by atoms with van der Waals surface area (Å²) in [6.45, 7) is 4.33. The second-order valence-corrected chi connectivity index (χ2v) is 9.38. The van der Waals surface area contributed by atoms with Crippen molar-refractivity contribution in [1.82, 2.24) is 4.90 Å². The standard InChI is InChI=1S/C26H27FN2O2/c1-3-15-14-29-12-11-26-20-6-4-5-18(16-7-9-17(27)10-8-16)23(20)28-24(26)22(25(30)31-2)19(15)13-21(26)29/h4-10,15,19,21,28H,3,11-14H2,1-2H3/t15-,19+,21?,26-/m1/s1. The minimum atomic E-state index is -0.238. The molecule has 4 atom stereocenters. The summed E-state index contributed by atoms with van der Waals surface area (Å²) in [7, 11) is 1.49. The zero-order chi connectivity index (χ0) is 21.3. The Morgan fingerprint density at radius 2 is 2.06 bits per heavy atom. The van der Waals surface area contributed by atoms with E-state index in [0.29, 0.717) is 12.0 Å². The van der Waals surface area contributed by atoms with Gasteiger partial charge in [0.15, 0.2) is 0 Å². The van der Waals surface area contributed by atoms with Crippen LogP contribution in [-0.4, -0.2) is 37.1 Å². The van der Waals surface area contributed by atoms with Crippen LogP contribution in [0, 0.1) is 17.7 Å². The Morgan fingerprint density at radius 1 is 1.26 bits per heavy atom. The molecule has 4 aliphatic rings. The van der Waals surface area contributed by atoms with Gasteiger partial charge in [0.25, 0.3) is 0 Å². The van der Waals surface area contributed by atoms with Gasteiger partial charge >= 0.3 is 5.97 Å². The largest absolute Gasteiger partial charge is 0.466 e. The molecule has 1 spiro atoms. The number of carbonyl (C=O) groups is 1. The van der Waals surface area contributed by atoms with E-state index in [9.17, 15) is 9.18 Å². The first kappa shape index (κ1) is 19.1. The molecule has 2 fully saturated rings. The second-order valence-electron chi connectivity index (χ2n) is 9.38. The van der Waals surface area contributed by atoms with E-state index in [-0.39, 0.29) is 23.1 Å². The third kappa shape index (κ3) is 2.41. The van der Waals surface area contributed by atoms with Crippen molar-refractivity contribution in [3.63, 3.8) is 0 Å². The van der Waals surface area contributed by atoms with Crippen molar-refractivity contribution in [2.45, 2.75) is 37.6 Å². The number of rotatable bonds is 3. The number of methoxy groups -OCH3 is 1. The Kier molecular flexibility index (Phi) is 4.10. The zero-order valence-electron chi connectivity index (χ0n) is 18.0. The minimum Gasteiger partial charge on any atom is -0.466 e. The average molecular weight is 419 g/mol. The van der Waals surface area contributed by atoms with Crippen molar-refractivity contribution >= 4 is 11.7 Å².